The van der Waals surface area contributed by atoms with Gasteiger partial charge in [0.2, 0.25) is 0 Å². The highest BCUT2D eigenvalue weighted by Gasteiger charge is 2.16. The summed E-state index contributed by atoms with van der Waals surface area (Å²) in [5.74, 6) is 0.666. The smallest absolute Gasteiger partial charge is 0.0587 e. The monoisotopic (exact) mass is 292 g/mol. The van der Waals surface area contributed by atoms with Gasteiger partial charge in [-0.3, -0.25) is 0 Å². The number of anilines is 1. The Bertz CT molecular complexity index is 388. The van der Waals surface area contributed by atoms with Crippen LogP contribution >= 0.6 is 0 Å². The molecule has 1 unspecified atom stereocenters. The molecule has 0 bridgehead atoms. The van der Waals surface area contributed by atoms with Gasteiger partial charge in [-0.15, -0.1) is 0 Å². The first-order chi connectivity index (χ1) is 10.3. The van der Waals surface area contributed by atoms with Crippen LogP contribution < -0.4 is 10.2 Å². The van der Waals surface area contributed by atoms with E-state index in [1.54, 1.807) is 7.11 Å². The normalized spacial score (nSPS) is 18.7. The lowest BCUT2D eigenvalue weighted by Crippen LogP contribution is -2.30. The number of benzene rings is 1. The number of nitrogens with one attached hydrogen (secondary N) is 1. The van der Waals surface area contributed by atoms with Crippen molar-refractivity contribution in [2.24, 2.45) is 5.92 Å². The molecule has 1 aliphatic rings. The molecule has 1 fully saturated rings. The Morgan fingerprint density at radius 3 is 2.81 bits per heavy atom. The molecule has 1 atom stereocenters. The second-order valence-electron chi connectivity index (χ2n) is 5.80. The van der Waals surface area contributed by atoms with Crippen molar-refractivity contribution in [2.45, 2.75) is 19.4 Å². The van der Waals surface area contributed by atoms with Crippen LogP contribution in [0.15, 0.2) is 24.3 Å². The van der Waals surface area contributed by atoms with Crippen molar-refractivity contribution in [1.82, 2.24) is 5.32 Å². The van der Waals surface area contributed by atoms with Gasteiger partial charge < -0.3 is 19.7 Å². The fourth-order valence-electron chi connectivity index (χ4n) is 2.72. The molecular weight excluding hydrogens is 264 g/mol. The average Bonchev–Trinajstić information content (AvgIpc) is 2.53. The van der Waals surface area contributed by atoms with E-state index in [4.69, 9.17) is 9.47 Å². The van der Waals surface area contributed by atoms with Gasteiger partial charge in [-0.25, -0.2) is 0 Å². The summed E-state index contributed by atoms with van der Waals surface area (Å²) in [7, 11) is 3.89. The summed E-state index contributed by atoms with van der Waals surface area (Å²) < 4.78 is 10.6. The van der Waals surface area contributed by atoms with Crippen molar-refractivity contribution in [3.05, 3.63) is 29.8 Å². The predicted molar refractivity (Wildman–Crippen MR) is 86.8 cm³/mol. The van der Waals surface area contributed by atoms with Crippen molar-refractivity contribution in [1.29, 1.82) is 0 Å². The summed E-state index contributed by atoms with van der Waals surface area (Å²) in [5, 5.41) is 3.36. The molecule has 1 aromatic rings. The standard InChI is InChI=1S/C17H28N2O2/c1-19(13-16-4-3-10-21-14-16)17-7-5-15(6-8-17)12-18-9-11-20-2/h5-8,16,18H,3-4,9-14H2,1-2H3. The van der Waals surface area contributed by atoms with E-state index >= 15 is 0 Å². The molecule has 0 radical (unpaired) electrons. The van der Waals surface area contributed by atoms with Gasteiger partial charge in [0.15, 0.2) is 0 Å². The molecule has 1 N–H and O–H groups in total. The van der Waals surface area contributed by atoms with Crippen molar-refractivity contribution >= 4 is 5.69 Å². The van der Waals surface area contributed by atoms with Crippen LogP contribution in [0.3, 0.4) is 0 Å². The SMILES string of the molecule is COCCNCc1ccc(N(C)CC2CCCOC2)cc1. The average molecular weight is 292 g/mol. The number of nitrogens with zero attached hydrogens (tertiary/aromatic N) is 1. The highest BCUT2D eigenvalue weighted by molar-refractivity contribution is 5.46. The first kappa shape index (κ1) is 16.3. The lowest BCUT2D eigenvalue weighted by molar-refractivity contribution is 0.0576. The molecule has 21 heavy (non-hydrogen) atoms. The minimum atomic E-state index is 0.666. The molecule has 1 saturated heterocycles. The maximum absolute atomic E-state index is 5.56. The van der Waals surface area contributed by atoms with Gasteiger partial charge >= 0.3 is 0 Å². The van der Waals surface area contributed by atoms with Crippen LogP contribution in [-0.4, -0.2) is 47.1 Å². The van der Waals surface area contributed by atoms with Crippen LogP contribution in [0, 0.1) is 5.92 Å². The van der Waals surface area contributed by atoms with Gasteiger partial charge in [0.1, 0.15) is 0 Å². The first-order valence-electron chi connectivity index (χ1n) is 7.87. The van der Waals surface area contributed by atoms with Crippen molar-refractivity contribution in [3.8, 4) is 0 Å². The number of hydrogen-bond acceptors (Lipinski definition) is 4. The molecule has 0 aromatic heterocycles. The lowest BCUT2D eigenvalue weighted by atomic mass is 10.0. The maximum Gasteiger partial charge on any atom is 0.0587 e. The summed E-state index contributed by atoms with van der Waals surface area (Å²) in [6, 6.07) is 8.81. The summed E-state index contributed by atoms with van der Waals surface area (Å²) in [6.07, 6.45) is 2.48. The number of hydrogen-bond donors (Lipinski definition) is 1. The molecule has 0 saturated carbocycles. The quantitative estimate of drug-likeness (QED) is 0.745. The fraction of sp³-hybridized carbons (Fsp3) is 0.647. The summed E-state index contributed by atoms with van der Waals surface area (Å²) in [6.45, 7) is 5.45. The van der Waals surface area contributed by atoms with Gasteiger partial charge in [-0.05, 0) is 36.5 Å². The van der Waals surface area contributed by atoms with Crippen molar-refractivity contribution in [2.75, 3.05) is 52.0 Å². The van der Waals surface area contributed by atoms with E-state index in [1.165, 1.54) is 24.1 Å². The van der Waals surface area contributed by atoms with Gasteiger partial charge in [-0.1, -0.05) is 12.1 Å². The molecule has 4 nitrogen and oxygen atoms in total. The fourth-order valence-corrected chi connectivity index (χ4v) is 2.72. The summed E-state index contributed by atoms with van der Waals surface area (Å²) in [5.41, 5.74) is 2.59. The van der Waals surface area contributed by atoms with Gasteiger partial charge in [0.25, 0.3) is 0 Å². The van der Waals surface area contributed by atoms with E-state index in [1.807, 2.05) is 0 Å². The highest BCUT2D eigenvalue weighted by atomic mass is 16.5. The molecule has 0 spiro atoms. The van der Waals surface area contributed by atoms with E-state index in [2.05, 4.69) is 41.5 Å². The molecule has 1 aliphatic heterocycles. The molecule has 0 aliphatic carbocycles. The molecular formula is C17H28N2O2. The topological polar surface area (TPSA) is 33.7 Å². The van der Waals surface area contributed by atoms with Crippen LogP contribution in [0.4, 0.5) is 5.69 Å². The zero-order valence-corrected chi connectivity index (χ0v) is 13.3. The summed E-state index contributed by atoms with van der Waals surface area (Å²) >= 11 is 0. The van der Waals surface area contributed by atoms with Gasteiger partial charge in [0, 0.05) is 46.1 Å². The van der Waals surface area contributed by atoms with Crippen LogP contribution in [0.1, 0.15) is 18.4 Å². The highest BCUT2D eigenvalue weighted by Crippen LogP contribution is 2.19. The minimum absolute atomic E-state index is 0.666. The Kier molecular flexibility index (Phi) is 7.00. The molecule has 118 valence electrons. The van der Waals surface area contributed by atoms with Crippen LogP contribution in [0.25, 0.3) is 0 Å². The van der Waals surface area contributed by atoms with E-state index in [0.717, 1.165) is 39.5 Å². The molecule has 0 amide bonds. The zero-order chi connectivity index (χ0) is 14.9. The summed E-state index contributed by atoms with van der Waals surface area (Å²) in [4.78, 5) is 2.33. The molecule has 2 rings (SSSR count). The number of rotatable bonds is 8. The van der Waals surface area contributed by atoms with Crippen molar-refractivity contribution in [3.63, 3.8) is 0 Å². The third-order valence-corrected chi connectivity index (χ3v) is 3.98. The van der Waals surface area contributed by atoms with E-state index in [9.17, 15) is 0 Å². The second kappa shape index (κ2) is 9.03. The van der Waals surface area contributed by atoms with E-state index in [-0.39, 0.29) is 0 Å². The van der Waals surface area contributed by atoms with Crippen molar-refractivity contribution < 1.29 is 9.47 Å². The third kappa shape index (κ3) is 5.65. The van der Waals surface area contributed by atoms with Crippen LogP contribution in [0.2, 0.25) is 0 Å². The third-order valence-electron chi connectivity index (χ3n) is 3.98. The number of ether oxygens (including phenoxy) is 2. The molecule has 4 heteroatoms. The first-order valence-corrected chi connectivity index (χ1v) is 7.87. The second-order valence-corrected chi connectivity index (χ2v) is 5.80. The predicted octanol–water partition coefficient (Wildman–Crippen LogP) is 2.29. The Morgan fingerprint density at radius 1 is 1.33 bits per heavy atom. The van der Waals surface area contributed by atoms with Gasteiger partial charge in [-0.2, -0.15) is 0 Å². The largest absolute Gasteiger partial charge is 0.383 e. The molecule has 1 heterocycles. The number of methoxy groups -OCH3 is 1. The Balaban J connectivity index is 1.77. The van der Waals surface area contributed by atoms with Crippen LogP contribution in [-0.2, 0) is 16.0 Å². The Morgan fingerprint density at radius 2 is 2.14 bits per heavy atom. The molecule has 1 aromatic carbocycles. The Labute approximate surface area is 128 Å². The van der Waals surface area contributed by atoms with Gasteiger partial charge in [0.05, 0.1) is 13.2 Å². The van der Waals surface area contributed by atoms with Crippen LogP contribution in [0.5, 0.6) is 0 Å². The van der Waals surface area contributed by atoms with E-state index < -0.39 is 0 Å². The minimum Gasteiger partial charge on any atom is -0.383 e. The Hall–Kier alpha value is -1.10. The zero-order valence-electron chi connectivity index (χ0n) is 13.3. The van der Waals surface area contributed by atoms with E-state index in [0.29, 0.717) is 5.92 Å². The maximum atomic E-state index is 5.56. The lowest BCUT2D eigenvalue weighted by Gasteiger charge is -2.28.